The number of pyridine rings is 1. The molecule has 1 aromatic carbocycles. The third-order valence-electron chi connectivity index (χ3n) is 4.44. The maximum absolute atomic E-state index is 12.1. The number of nitrogens with one attached hydrogen (secondary N) is 1. The highest BCUT2D eigenvalue weighted by Crippen LogP contribution is 2.22. The lowest BCUT2D eigenvalue weighted by molar-refractivity contribution is -0.121. The van der Waals surface area contributed by atoms with E-state index in [0.717, 1.165) is 48.2 Å². The number of anilines is 1. The van der Waals surface area contributed by atoms with Crippen LogP contribution in [0.25, 0.3) is 10.9 Å². The molecule has 1 atom stereocenters. The van der Waals surface area contributed by atoms with Gasteiger partial charge in [-0.3, -0.25) is 4.79 Å². The summed E-state index contributed by atoms with van der Waals surface area (Å²) in [6.07, 6.45) is 3.79. The number of aromatic nitrogens is 1. The maximum atomic E-state index is 12.1. The highest BCUT2D eigenvalue weighted by Gasteiger charge is 2.16. The molecule has 5 nitrogen and oxygen atoms in total. The van der Waals surface area contributed by atoms with Crippen molar-refractivity contribution in [2.45, 2.75) is 38.3 Å². The summed E-state index contributed by atoms with van der Waals surface area (Å²) in [5.41, 5.74) is 2.04. The quantitative estimate of drug-likeness (QED) is 0.886. The largest absolute Gasteiger partial charge is 0.378 e. The van der Waals surface area contributed by atoms with Gasteiger partial charge in [-0.15, -0.1) is 0 Å². The van der Waals surface area contributed by atoms with Gasteiger partial charge in [0.15, 0.2) is 0 Å². The first kappa shape index (κ1) is 16.7. The number of hydrogen-bond donors (Lipinski definition) is 1. The first-order valence-electron chi connectivity index (χ1n) is 8.58. The van der Waals surface area contributed by atoms with E-state index in [0.29, 0.717) is 13.0 Å². The van der Waals surface area contributed by atoms with Gasteiger partial charge in [0.2, 0.25) is 5.91 Å². The average Bonchev–Trinajstić information content (AvgIpc) is 3.11. The van der Waals surface area contributed by atoms with Crippen LogP contribution in [-0.2, 0) is 16.1 Å². The van der Waals surface area contributed by atoms with E-state index in [4.69, 9.17) is 4.74 Å². The van der Waals surface area contributed by atoms with Crippen LogP contribution in [0.15, 0.2) is 30.3 Å². The molecule has 1 fully saturated rings. The molecular weight excluding hydrogens is 302 g/mol. The Morgan fingerprint density at radius 1 is 1.38 bits per heavy atom. The Bertz CT molecular complexity index is 709. The Balaban J connectivity index is 1.66. The zero-order chi connectivity index (χ0) is 16.9. The standard InChI is InChI=1S/C19H25N3O2/c1-22(2)18-12-14(16-7-3-4-8-17(16)21-18)13-20-19(23)10-9-15-6-5-11-24-15/h3-4,7-8,12,15H,5-6,9-11,13H2,1-2H3,(H,20,23)/t15-/m0/s1. The first-order chi connectivity index (χ1) is 11.6. The molecule has 128 valence electrons. The first-order valence-corrected chi connectivity index (χ1v) is 8.58. The minimum absolute atomic E-state index is 0.0813. The second kappa shape index (κ2) is 7.62. The summed E-state index contributed by atoms with van der Waals surface area (Å²) in [6.45, 7) is 1.36. The molecule has 2 heterocycles. The fourth-order valence-electron chi connectivity index (χ4n) is 3.05. The number of fused-ring (bicyclic) bond motifs is 1. The Labute approximate surface area is 143 Å². The van der Waals surface area contributed by atoms with Crippen molar-refractivity contribution < 1.29 is 9.53 Å². The van der Waals surface area contributed by atoms with Crippen molar-refractivity contribution in [3.63, 3.8) is 0 Å². The zero-order valence-corrected chi connectivity index (χ0v) is 14.4. The van der Waals surface area contributed by atoms with Crippen molar-refractivity contribution in [2.24, 2.45) is 0 Å². The van der Waals surface area contributed by atoms with Gasteiger partial charge in [0, 0.05) is 39.1 Å². The summed E-state index contributed by atoms with van der Waals surface area (Å²) in [4.78, 5) is 18.8. The summed E-state index contributed by atoms with van der Waals surface area (Å²) in [5, 5.41) is 4.13. The summed E-state index contributed by atoms with van der Waals surface area (Å²) in [6, 6.07) is 10.1. The van der Waals surface area contributed by atoms with Crippen LogP contribution in [0, 0.1) is 0 Å². The number of para-hydroxylation sites is 1. The molecule has 5 heteroatoms. The van der Waals surface area contributed by atoms with Crippen LogP contribution < -0.4 is 10.2 Å². The maximum Gasteiger partial charge on any atom is 0.220 e. The lowest BCUT2D eigenvalue weighted by Crippen LogP contribution is -2.24. The fourth-order valence-corrected chi connectivity index (χ4v) is 3.05. The minimum atomic E-state index is 0.0813. The molecule has 0 aliphatic carbocycles. The molecule has 1 saturated heterocycles. The second-order valence-corrected chi connectivity index (χ2v) is 6.50. The highest BCUT2D eigenvalue weighted by molar-refractivity contribution is 5.85. The molecule has 1 aromatic heterocycles. The van der Waals surface area contributed by atoms with Crippen LogP contribution >= 0.6 is 0 Å². The van der Waals surface area contributed by atoms with Gasteiger partial charge in [0.05, 0.1) is 11.6 Å². The third-order valence-corrected chi connectivity index (χ3v) is 4.44. The number of benzene rings is 1. The van der Waals surface area contributed by atoms with Crippen LogP contribution in [0.4, 0.5) is 5.82 Å². The highest BCUT2D eigenvalue weighted by atomic mass is 16.5. The SMILES string of the molecule is CN(C)c1cc(CNC(=O)CC[C@@H]2CCCO2)c2ccccc2n1. The molecule has 1 aliphatic rings. The van der Waals surface area contributed by atoms with Gasteiger partial charge in [-0.1, -0.05) is 18.2 Å². The van der Waals surface area contributed by atoms with E-state index < -0.39 is 0 Å². The van der Waals surface area contributed by atoms with Crippen LogP contribution in [0.5, 0.6) is 0 Å². The number of carbonyl (C=O) groups is 1. The molecule has 3 rings (SSSR count). The molecule has 0 radical (unpaired) electrons. The Hall–Kier alpha value is -2.14. The van der Waals surface area contributed by atoms with Gasteiger partial charge in [0.1, 0.15) is 5.82 Å². The van der Waals surface area contributed by atoms with E-state index in [1.54, 1.807) is 0 Å². The van der Waals surface area contributed by atoms with E-state index in [1.165, 1.54) is 0 Å². The Morgan fingerprint density at radius 3 is 2.96 bits per heavy atom. The molecule has 1 aliphatic heterocycles. The normalized spacial score (nSPS) is 17.2. The zero-order valence-electron chi connectivity index (χ0n) is 14.4. The van der Waals surface area contributed by atoms with E-state index >= 15 is 0 Å². The molecule has 0 unspecified atom stereocenters. The molecule has 0 spiro atoms. The van der Waals surface area contributed by atoms with Crippen molar-refractivity contribution in [3.05, 3.63) is 35.9 Å². The fraction of sp³-hybridized carbons (Fsp3) is 0.474. The molecular formula is C19H25N3O2. The number of amides is 1. The van der Waals surface area contributed by atoms with Gasteiger partial charge >= 0.3 is 0 Å². The van der Waals surface area contributed by atoms with Gasteiger partial charge in [-0.25, -0.2) is 4.98 Å². The van der Waals surface area contributed by atoms with Gasteiger partial charge in [-0.05, 0) is 37.0 Å². The van der Waals surface area contributed by atoms with Gasteiger partial charge in [0.25, 0.3) is 0 Å². The summed E-state index contributed by atoms with van der Waals surface area (Å²) < 4.78 is 5.57. The van der Waals surface area contributed by atoms with Gasteiger partial charge < -0.3 is 15.0 Å². The van der Waals surface area contributed by atoms with Crippen LogP contribution in [-0.4, -0.2) is 37.7 Å². The van der Waals surface area contributed by atoms with Crippen molar-refractivity contribution >= 4 is 22.6 Å². The van der Waals surface area contributed by atoms with Crippen LogP contribution in [0.3, 0.4) is 0 Å². The lowest BCUT2D eigenvalue weighted by atomic mass is 10.1. The monoisotopic (exact) mass is 327 g/mol. The lowest BCUT2D eigenvalue weighted by Gasteiger charge is -2.16. The van der Waals surface area contributed by atoms with Crippen molar-refractivity contribution in [2.75, 3.05) is 25.6 Å². The second-order valence-electron chi connectivity index (χ2n) is 6.50. The molecule has 2 aromatic rings. The molecule has 24 heavy (non-hydrogen) atoms. The van der Waals surface area contributed by atoms with E-state index in [1.807, 2.05) is 43.3 Å². The Kier molecular flexibility index (Phi) is 5.30. The Morgan fingerprint density at radius 2 is 2.21 bits per heavy atom. The van der Waals surface area contributed by atoms with Gasteiger partial charge in [-0.2, -0.15) is 0 Å². The number of nitrogens with zero attached hydrogens (tertiary/aromatic N) is 2. The van der Waals surface area contributed by atoms with Crippen molar-refractivity contribution in [3.8, 4) is 0 Å². The minimum Gasteiger partial charge on any atom is -0.378 e. The summed E-state index contributed by atoms with van der Waals surface area (Å²) in [7, 11) is 3.95. The average molecular weight is 327 g/mol. The predicted octanol–water partition coefficient (Wildman–Crippen LogP) is 2.88. The number of ether oxygens (including phenoxy) is 1. The van der Waals surface area contributed by atoms with E-state index in [9.17, 15) is 4.79 Å². The predicted molar refractivity (Wildman–Crippen MR) is 96.1 cm³/mol. The molecule has 1 amide bonds. The number of rotatable bonds is 6. The summed E-state index contributed by atoms with van der Waals surface area (Å²) in [5.74, 6) is 0.982. The molecule has 1 N–H and O–H groups in total. The smallest absolute Gasteiger partial charge is 0.220 e. The van der Waals surface area contributed by atoms with Crippen molar-refractivity contribution in [1.82, 2.24) is 10.3 Å². The topological polar surface area (TPSA) is 54.5 Å². The molecule has 0 saturated carbocycles. The molecule has 0 bridgehead atoms. The van der Waals surface area contributed by atoms with Crippen LogP contribution in [0.2, 0.25) is 0 Å². The number of hydrogen-bond acceptors (Lipinski definition) is 4. The van der Waals surface area contributed by atoms with E-state index in [-0.39, 0.29) is 12.0 Å². The third kappa shape index (κ3) is 4.03. The van der Waals surface area contributed by atoms with Crippen molar-refractivity contribution in [1.29, 1.82) is 0 Å². The van der Waals surface area contributed by atoms with Crippen LogP contribution in [0.1, 0.15) is 31.2 Å². The summed E-state index contributed by atoms with van der Waals surface area (Å²) >= 11 is 0. The number of carbonyl (C=O) groups excluding carboxylic acids is 1. The van der Waals surface area contributed by atoms with E-state index in [2.05, 4.69) is 16.4 Å².